The molecule has 2 atom stereocenters. The van der Waals surface area contributed by atoms with Crippen molar-refractivity contribution in [1.82, 2.24) is 5.32 Å². The van der Waals surface area contributed by atoms with Gasteiger partial charge in [-0.3, -0.25) is 9.59 Å². The third-order valence-electron chi connectivity index (χ3n) is 4.12. The van der Waals surface area contributed by atoms with Crippen molar-refractivity contribution in [3.63, 3.8) is 0 Å². The minimum atomic E-state index is -0.822. The molecule has 0 heterocycles. The number of carbonyl (C=O) groups is 2. The molecule has 1 aromatic carbocycles. The molecule has 1 amide bonds. The van der Waals surface area contributed by atoms with E-state index in [-0.39, 0.29) is 24.3 Å². The molecule has 2 rings (SSSR count). The van der Waals surface area contributed by atoms with Crippen LogP contribution in [-0.4, -0.2) is 23.0 Å². The van der Waals surface area contributed by atoms with Gasteiger partial charge in [-0.1, -0.05) is 37.3 Å². The summed E-state index contributed by atoms with van der Waals surface area (Å²) in [5.41, 5.74) is 1.12. The fourth-order valence-electron chi connectivity index (χ4n) is 2.56. The Kier molecular flexibility index (Phi) is 5.37. The Morgan fingerprint density at radius 2 is 1.95 bits per heavy atom. The van der Waals surface area contributed by atoms with Crippen molar-refractivity contribution in [1.29, 1.82) is 0 Å². The SMILES string of the molecule is CC(C(=O)NC(CCC(=O)O)Cc1ccccc1)C1CC1. The molecule has 0 aromatic heterocycles. The van der Waals surface area contributed by atoms with Gasteiger partial charge in [0.05, 0.1) is 0 Å². The number of amides is 1. The molecule has 0 spiro atoms. The third-order valence-corrected chi connectivity index (χ3v) is 4.12. The second-order valence-electron chi connectivity index (χ2n) is 5.95. The van der Waals surface area contributed by atoms with E-state index in [2.05, 4.69) is 5.32 Å². The molecular formula is C17H23NO3. The smallest absolute Gasteiger partial charge is 0.303 e. The maximum Gasteiger partial charge on any atom is 0.303 e. The zero-order valence-electron chi connectivity index (χ0n) is 12.4. The number of hydrogen-bond donors (Lipinski definition) is 2. The molecule has 1 fully saturated rings. The Morgan fingerprint density at radius 3 is 2.52 bits per heavy atom. The lowest BCUT2D eigenvalue weighted by atomic mass is 9.99. The second kappa shape index (κ2) is 7.25. The summed E-state index contributed by atoms with van der Waals surface area (Å²) < 4.78 is 0. The van der Waals surface area contributed by atoms with Crippen LogP contribution in [0.5, 0.6) is 0 Å². The molecule has 4 nitrogen and oxygen atoms in total. The van der Waals surface area contributed by atoms with E-state index in [1.165, 1.54) is 0 Å². The topological polar surface area (TPSA) is 66.4 Å². The van der Waals surface area contributed by atoms with Gasteiger partial charge in [0.1, 0.15) is 0 Å². The number of carbonyl (C=O) groups excluding carboxylic acids is 1. The van der Waals surface area contributed by atoms with Gasteiger partial charge in [0, 0.05) is 18.4 Å². The Morgan fingerprint density at radius 1 is 1.29 bits per heavy atom. The molecule has 1 aromatic rings. The maximum atomic E-state index is 12.2. The average Bonchev–Trinajstić information content (AvgIpc) is 3.29. The number of rotatable bonds is 8. The number of carboxylic acid groups (broad SMARTS) is 1. The zero-order chi connectivity index (χ0) is 15.2. The quantitative estimate of drug-likeness (QED) is 0.773. The van der Waals surface area contributed by atoms with Gasteiger partial charge in [0.25, 0.3) is 0 Å². The van der Waals surface area contributed by atoms with Crippen molar-refractivity contribution in [3.05, 3.63) is 35.9 Å². The molecular weight excluding hydrogens is 266 g/mol. The largest absolute Gasteiger partial charge is 0.481 e. The molecule has 1 aliphatic rings. The zero-order valence-corrected chi connectivity index (χ0v) is 12.4. The molecule has 0 radical (unpaired) electrons. The predicted octanol–water partition coefficient (Wildman–Crippen LogP) is 2.62. The summed E-state index contributed by atoms with van der Waals surface area (Å²) in [6.45, 7) is 1.96. The lowest BCUT2D eigenvalue weighted by Crippen LogP contribution is -2.40. The standard InChI is InChI=1S/C17H23NO3/c1-12(14-7-8-14)17(21)18-15(9-10-16(19)20)11-13-5-3-2-4-6-13/h2-6,12,14-15H,7-11H2,1H3,(H,18,21)(H,19,20). The van der Waals surface area contributed by atoms with Gasteiger partial charge >= 0.3 is 5.97 Å². The Hall–Kier alpha value is -1.84. The van der Waals surface area contributed by atoms with E-state index >= 15 is 0 Å². The minimum absolute atomic E-state index is 0.0353. The summed E-state index contributed by atoms with van der Waals surface area (Å²) in [4.78, 5) is 23.0. The lowest BCUT2D eigenvalue weighted by Gasteiger charge is -2.21. The van der Waals surface area contributed by atoms with Crippen molar-refractivity contribution in [2.75, 3.05) is 0 Å². The Labute approximate surface area is 125 Å². The number of nitrogens with one attached hydrogen (secondary N) is 1. The minimum Gasteiger partial charge on any atom is -0.481 e. The van der Waals surface area contributed by atoms with Crippen LogP contribution in [0.1, 0.15) is 38.2 Å². The second-order valence-corrected chi connectivity index (χ2v) is 5.95. The van der Waals surface area contributed by atoms with Gasteiger partial charge in [0.15, 0.2) is 0 Å². The number of aliphatic carboxylic acids is 1. The molecule has 21 heavy (non-hydrogen) atoms. The molecule has 0 bridgehead atoms. The normalized spacial score (nSPS) is 17.0. The number of carboxylic acids is 1. The van der Waals surface area contributed by atoms with Crippen molar-refractivity contribution in [3.8, 4) is 0 Å². The number of hydrogen-bond acceptors (Lipinski definition) is 2. The first kappa shape index (κ1) is 15.5. The van der Waals surface area contributed by atoms with E-state index in [4.69, 9.17) is 5.11 Å². The van der Waals surface area contributed by atoms with Crippen LogP contribution in [0, 0.1) is 11.8 Å². The van der Waals surface area contributed by atoms with Gasteiger partial charge in [0.2, 0.25) is 5.91 Å². The van der Waals surface area contributed by atoms with Crippen LogP contribution in [-0.2, 0) is 16.0 Å². The van der Waals surface area contributed by atoms with Gasteiger partial charge in [-0.15, -0.1) is 0 Å². The van der Waals surface area contributed by atoms with Crippen LogP contribution >= 0.6 is 0 Å². The summed E-state index contributed by atoms with van der Waals surface area (Å²) in [6.07, 6.45) is 3.49. The highest BCUT2D eigenvalue weighted by Crippen LogP contribution is 2.36. The third kappa shape index (κ3) is 5.21. The van der Waals surface area contributed by atoms with E-state index in [0.29, 0.717) is 18.8 Å². The summed E-state index contributed by atoms with van der Waals surface area (Å²) >= 11 is 0. The Balaban J connectivity index is 1.93. The van der Waals surface area contributed by atoms with Crippen LogP contribution < -0.4 is 5.32 Å². The van der Waals surface area contributed by atoms with Crippen molar-refractivity contribution in [2.45, 2.75) is 45.1 Å². The molecule has 2 unspecified atom stereocenters. The highest BCUT2D eigenvalue weighted by Gasteiger charge is 2.33. The predicted molar refractivity (Wildman–Crippen MR) is 80.8 cm³/mol. The van der Waals surface area contributed by atoms with E-state index < -0.39 is 5.97 Å². The van der Waals surface area contributed by atoms with Gasteiger partial charge in [-0.05, 0) is 37.2 Å². The average molecular weight is 289 g/mol. The summed E-state index contributed by atoms with van der Waals surface area (Å²) in [7, 11) is 0. The lowest BCUT2D eigenvalue weighted by molar-refractivity contribution is -0.137. The molecule has 1 saturated carbocycles. The van der Waals surface area contributed by atoms with Gasteiger partial charge < -0.3 is 10.4 Å². The molecule has 0 saturated heterocycles. The summed E-state index contributed by atoms with van der Waals surface area (Å²) in [6, 6.07) is 9.76. The monoisotopic (exact) mass is 289 g/mol. The highest BCUT2D eigenvalue weighted by molar-refractivity contribution is 5.79. The van der Waals surface area contributed by atoms with Crippen LogP contribution in [0.15, 0.2) is 30.3 Å². The van der Waals surface area contributed by atoms with Gasteiger partial charge in [-0.25, -0.2) is 0 Å². The van der Waals surface area contributed by atoms with Crippen LogP contribution in [0.25, 0.3) is 0 Å². The van der Waals surface area contributed by atoms with Crippen LogP contribution in [0.2, 0.25) is 0 Å². The van der Waals surface area contributed by atoms with Gasteiger partial charge in [-0.2, -0.15) is 0 Å². The Bertz CT molecular complexity index is 482. The van der Waals surface area contributed by atoms with E-state index in [1.807, 2.05) is 37.3 Å². The fourth-order valence-corrected chi connectivity index (χ4v) is 2.56. The van der Waals surface area contributed by atoms with E-state index in [0.717, 1.165) is 18.4 Å². The van der Waals surface area contributed by atoms with Crippen molar-refractivity contribution < 1.29 is 14.7 Å². The molecule has 1 aliphatic carbocycles. The van der Waals surface area contributed by atoms with Crippen LogP contribution in [0.4, 0.5) is 0 Å². The number of benzene rings is 1. The summed E-state index contributed by atoms with van der Waals surface area (Å²) in [5.74, 6) is -0.212. The van der Waals surface area contributed by atoms with Crippen LogP contribution in [0.3, 0.4) is 0 Å². The first-order valence-corrected chi connectivity index (χ1v) is 7.62. The van der Waals surface area contributed by atoms with E-state index in [1.54, 1.807) is 0 Å². The highest BCUT2D eigenvalue weighted by atomic mass is 16.4. The molecule has 2 N–H and O–H groups in total. The van der Waals surface area contributed by atoms with E-state index in [9.17, 15) is 9.59 Å². The molecule has 114 valence electrons. The first-order valence-electron chi connectivity index (χ1n) is 7.62. The van der Waals surface area contributed by atoms with Crippen molar-refractivity contribution >= 4 is 11.9 Å². The molecule has 0 aliphatic heterocycles. The summed E-state index contributed by atoms with van der Waals surface area (Å²) in [5, 5.41) is 11.9. The maximum absolute atomic E-state index is 12.2. The fraction of sp³-hybridized carbons (Fsp3) is 0.529. The van der Waals surface area contributed by atoms with Crippen molar-refractivity contribution in [2.24, 2.45) is 11.8 Å². The first-order chi connectivity index (χ1) is 10.1. The molecule has 4 heteroatoms.